The van der Waals surface area contributed by atoms with Gasteiger partial charge in [0, 0.05) is 5.41 Å². The Balaban J connectivity index is 3.27. The van der Waals surface area contributed by atoms with Crippen molar-refractivity contribution >= 4 is 11.9 Å². The SMILES string of the molecule is COC(=O)C1=CC=CC(C)(C)C=C1C(=O)OC. The fourth-order valence-electron chi connectivity index (χ4n) is 1.55. The second kappa shape index (κ2) is 4.99. The van der Waals surface area contributed by atoms with Gasteiger partial charge in [-0.2, -0.15) is 0 Å². The van der Waals surface area contributed by atoms with Crippen LogP contribution in [0.4, 0.5) is 0 Å². The molecule has 0 fully saturated rings. The quantitative estimate of drug-likeness (QED) is 0.686. The zero-order valence-electron chi connectivity index (χ0n) is 10.4. The van der Waals surface area contributed by atoms with Crippen molar-refractivity contribution in [2.45, 2.75) is 13.8 Å². The van der Waals surface area contributed by atoms with Crippen LogP contribution in [0.25, 0.3) is 0 Å². The largest absolute Gasteiger partial charge is 0.465 e. The topological polar surface area (TPSA) is 52.6 Å². The molecular formula is C13H16O4. The lowest BCUT2D eigenvalue weighted by molar-refractivity contribution is -0.139. The van der Waals surface area contributed by atoms with Gasteiger partial charge in [0.2, 0.25) is 0 Å². The summed E-state index contributed by atoms with van der Waals surface area (Å²) in [5, 5.41) is 0. The van der Waals surface area contributed by atoms with E-state index >= 15 is 0 Å². The number of hydrogen-bond donors (Lipinski definition) is 0. The first kappa shape index (κ1) is 13.2. The number of methoxy groups -OCH3 is 2. The molecule has 0 radical (unpaired) electrons. The van der Waals surface area contributed by atoms with Gasteiger partial charge in [0.25, 0.3) is 0 Å². The molecule has 17 heavy (non-hydrogen) atoms. The van der Waals surface area contributed by atoms with E-state index in [9.17, 15) is 9.59 Å². The first-order chi connectivity index (χ1) is 7.91. The minimum Gasteiger partial charge on any atom is -0.465 e. The van der Waals surface area contributed by atoms with E-state index in [2.05, 4.69) is 9.47 Å². The molecule has 0 bridgehead atoms. The van der Waals surface area contributed by atoms with Crippen LogP contribution in [0, 0.1) is 5.41 Å². The molecule has 1 aliphatic rings. The third-order valence-corrected chi connectivity index (χ3v) is 2.41. The average Bonchev–Trinajstić information content (AvgIpc) is 2.45. The number of allylic oxidation sites excluding steroid dienone is 4. The summed E-state index contributed by atoms with van der Waals surface area (Å²) in [6.45, 7) is 3.86. The highest BCUT2D eigenvalue weighted by Gasteiger charge is 2.26. The molecule has 0 unspecified atom stereocenters. The predicted molar refractivity (Wildman–Crippen MR) is 63.1 cm³/mol. The summed E-state index contributed by atoms with van der Waals surface area (Å²) in [6.07, 6.45) is 6.89. The Morgan fingerprint density at radius 2 is 1.59 bits per heavy atom. The molecule has 0 saturated carbocycles. The summed E-state index contributed by atoms with van der Waals surface area (Å²) in [5.74, 6) is -1.09. The molecule has 0 amide bonds. The smallest absolute Gasteiger partial charge is 0.338 e. The van der Waals surface area contributed by atoms with Gasteiger partial charge in [-0.15, -0.1) is 0 Å². The first-order valence-electron chi connectivity index (χ1n) is 5.20. The molecule has 0 heterocycles. The monoisotopic (exact) mass is 236 g/mol. The molecule has 4 heteroatoms. The Morgan fingerprint density at radius 3 is 2.12 bits per heavy atom. The molecule has 1 aliphatic carbocycles. The maximum absolute atomic E-state index is 11.7. The van der Waals surface area contributed by atoms with Crippen LogP contribution in [-0.4, -0.2) is 26.2 Å². The van der Waals surface area contributed by atoms with Crippen molar-refractivity contribution in [3.8, 4) is 0 Å². The lowest BCUT2D eigenvalue weighted by atomic mass is 9.90. The van der Waals surface area contributed by atoms with E-state index in [-0.39, 0.29) is 16.6 Å². The van der Waals surface area contributed by atoms with Crippen molar-refractivity contribution in [3.63, 3.8) is 0 Å². The minimum atomic E-state index is -0.552. The number of esters is 2. The van der Waals surface area contributed by atoms with E-state index < -0.39 is 11.9 Å². The number of hydrogen-bond acceptors (Lipinski definition) is 4. The van der Waals surface area contributed by atoms with Gasteiger partial charge in [0.05, 0.1) is 25.4 Å². The molecule has 0 spiro atoms. The van der Waals surface area contributed by atoms with Gasteiger partial charge in [0.15, 0.2) is 0 Å². The van der Waals surface area contributed by atoms with E-state index in [4.69, 9.17) is 0 Å². The maximum Gasteiger partial charge on any atom is 0.338 e. The van der Waals surface area contributed by atoms with E-state index in [1.807, 2.05) is 19.9 Å². The van der Waals surface area contributed by atoms with Crippen molar-refractivity contribution in [2.24, 2.45) is 5.41 Å². The van der Waals surface area contributed by atoms with Crippen molar-refractivity contribution in [1.29, 1.82) is 0 Å². The number of ether oxygens (including phenoxy) is 2. The fourth-order valence-corrected chi connectivity index (χ4v) is 1.55. The second-order valence-corrected chi connectivity index (χ2v) is 4.30. The standard InChI is InChI=1S/C13H16O4/c1-13(2)7-5-6-9(11(14)16-3)10(8-13)12(15)17-4/h5-8H,1-4H3. The van der Waals surface area contributed by atoms with Crippen LogP contribution >= 0.6 is 0 Å². The van der Waals surface area contributed by atoms with Crippen LogP contribution in [0.2, 0.25) is 0 Å². The molecule has 0 aliphatic heterocycles. The molecule has 0 aromatic carbocycles. The molecule has 0 aromatic rings. The van der Waals surface area contributed by atoms with Gasteiger partial charge in [-0.3, -0.25) is 0 Å². The van der Waals surface area contributed by atoms with Crippen molar-refractivity contribution < 1.29 is 19.1 Å². The van der Waals surface area contributed by atoms with Crippen LogP contribution in [-0.2, 0) is 19.1 Å². The third-order valence-electron chi connectivity index (χ3n) is 2.41. The first-order valence-corrected chi connectivity index (χ1v) is 5.20. The molecule has 4 nitrogen and oxygen atoms in total. The van der Waals surface area contributed by atoms with Gasteiger partial charge in [0.1, 0.15) is 0 Å². The molecule has 0 atom stereocenters. The summed E-state index contributed by atoms with van der Waals surface area (Å²) >= 11 is 0. The van der Waals surface area contributed by atoms with Crippen molar-refractivity contribution in [3.05, 3.63) is 35.5 Å². The fraction of sp³-hybridized carbons (Fsp3) is 0.385. The summed E-state index contributed by atoms with van der Waals surface area (Å²) in [7, 11) is 2.56. The lowest BCUT2D eigenvalue weighted by Crippen LogP contribution is -2.16. The number of rotatable bonds is 2. The Bertz CT molecular complexity index is 425. The number of carbonyl (C=O) groups excluding carboxylic acids is 2. The summed E-state index contributed by atoms with van der Waals surface area (Å²) in [5.41, 5.74) is 0.117. The molecular weight excluding hydrogens is 220 g/mol. The van der Waals surface area contributed by atoms with Gasteiger partial charge < -0.3 is 9.47 Å². The lowest BCUT2D eigenvalue weighted by Gasteiger charge is -2.15. The summed E-state index contributed by atoms with van der Waals surface area (Å²) < 4.78 is 9.33. The summed E-state index contributed by atoms with van der Waals surface area (Å²) in [6, 6.07) is 0. The van der Waals surface area contributed by atoms with Crippen LogP contribution in [0.15, 0.2) is 35.5 Å². The second-order valence-electron chi connectivity index (χ2n) is 4.30. The Kier molecular flexibility index (Phi) is 3.89. The maximum atomic E-state index is 11.7. The van der Waals surface area contributed by atoms with Crippen LogP contribution in [0.1, 0.15) is 13.8 Å². The average molecular weight is 236 g/mol. The van der Waals surface area contributed by atoms with E-state index in [1.165, 1.54) is 14.2 Å². The van der Waals surface area contributed by atoms with Crippen molar-refractivity contribution in [1.82, 2.24) is 0 Å². The highest BCUT2D eigenvalue weighted by atomic mass is 16.5. The van der Waals surface area contributed by atoms with E-state index in [0.717, 1.165) is 0 Å². The highest BCUT2D eigenvalue weighted by molar-refractivity contribution is 6.07. The zero-order chi connectivity index (χ0) is 13.1. The molecule has 0 aromatic heterocycles. The van der Waals surface area contributed by atoms with E-state index in [1.54, 1.807) is 18.2 Å². The molecule has 1 rings (SSSR count). The zero-order valence-corrected chi connectivity index (χ0v) is 10.4. The Morgan fingerprint density at radius 1 is 1.06 bits per heavy atom. The van der Waals surface area contributed by atoms with Crippen LogP contribution < -0.4 is 0 Å². The summed E-state index contributed by atoms with van der Waals surface area (Å²) in [4.78, 5) is 23.3. The molecule has 92 valence electrons. The van der Waals surface area contributed by atoms with Crippen molar-refractivity contribution in [2.75, 3.05) is 14.2 Å². The predicted octanol–water partition coefficient (Wildman–Crippen LogP) is 1.78. The van der Waals surface area contributed by atoms with Gasteiger partial charge in [-0.05, 0) is 6.08 Å². The molecule has 0 N–H and O–H groups in total. The van der Waals surface area contributed by atoms with E-state index in [0.29, 0.717) is 0 Å². The molecule has 0 saturated heterocycles. The van der Waals surface area contributed by atoms with Gasteiger partial charge in [-0.1, -0.05) is 32.1 Å². The van der Waals surface area contributed by atoms with Gasteiger partial charge in [-0.25, -0.2) is 9.59 Å². The Hall–Kier alpha value is -1.84. The Labute approximate surface area is 101 Å². The normalized spacial score (nSPS) is 17.6. The van der Waals surface area contributed by atoms with Crippen LogP contribution in [0.5, 0.6) is 0 Å². The highest BCUT2D eigenvalue weighted by Crippen LogP contribution is 2.28. The van der Waals surface area contributed by atoms with Crippen LogP contribution in [0.3, 0.4) is 0 Å². The third kappa shape index (κ3) is 3.06. The van der Waals surface area contributed by atoms with Gasteiger partial charge >= 0.3 is 11.9 Å². The minimum absolute atomic E-state index is 0.209. The number of carbonyl (C=O) groups is 2.